The first kappa shape index (κ1) is 48.7. The van der Waals surface area contributed by atoms with E-state index in [1.165, 1.54) is 18.2 Å². The van der Waals surface area contributed by atoms with Crippen molar-refractivity contribution in [2.24, 2.45) is 0 Å². The Morgan fingerprint density at radius 3 is 1.70 bits per heavy atom. The van der Waals surface area contributed by atoms with Crippen molar-refractivity contribution in [3.05, 3.63) is 94.6 Å². The number of halogens is 1. The molecule has 0 aromatic heterocycles. The van der Waals surface area contributed by atoms with E-state index in [1.807, 2.05) is 76.8 Å². The topological polar surface area (TPSA) is 101 Å². The molecule has 2 aromatic carbocycles. The van der Waals surface area contributed by atoms with Gasteiger partial charge in [-0.1, -0.05) is 86.2 Å². The molecule has 0 aliphatic rings. The van der Waals surface area contributed by atoms with Crippen molar-refractivity contribution in [1.29, 1.82) is 0 Å². The summed E-state index contributed by atoms with van der Waals surface area (Å²) in [6, 6.07) is 16.3. The van der Waals surface area contributed by atoms with Gasteiger partial charge in [0, 0.05) is 39.4 Å². The maximum atomic E-state index is 11.9. The number of hydrogen-bond donors (Lipinski definition) is 1. The highest BCUT2D eigenvalue weighted by atomic mass is 35.5. The molecule has 0 bridgehead atoms. The summed E-state index contributed by atoms with van der Waals surface area (Å²) in [6.45, 7) is 16.8. The predicted octanol–water partition coefficient (Wildman–Crippen LogP) is 7.05. The molecule has 240 valence electrons. The number of carbonyl (C=O) groups excluding carboxylic acids is 4. The highest BCUT2D eigenvalue weighted by Gasteiger charge is 2.08. The first-order valence-corrected chi connectivity index (χ1v) is 14.0. The molecule has 0 fully saturated rings. The van der Waals surface area contributed by atoms with E-state index < -0.39 is 0 Å². The molecular formula is C35H52ClNO6. The van der Waals surface area contributed by atoms with Gasteiger partial charge in [0.15, 0.2) is 0 Å². The highest BCUT2D eigenvalue weighted by molar-refractivity contribution is 6.17. The average molecular weight is 618 g/mol. The third-order valence-electron chi connectivity index (χ3n) is 5.30. The van der Waals surface area contributed by atoms with Gasteiger partial charge in [0.2, 0.25) is 5.91 Å². The number of terminal acetylenes is 1. The maximum absolute atomic E-state index is 11.9. The third kappa shape index (κ3) is 27.9. The zero-order chi connectivity index (χ0) is 34.6. The number of esters is 1. The predicted molar refractivity (Wildman–Crippen MR) is 181 cm³/mol. The number of amides is 1. The zero-order valence-electron chi connectivity index (χ0n) is 27.3. The lowest BCUT2D eigenvalue weighted by Gasteiger charge is -2.19. The zero-order valence-corrected chi connectivity index (χ0v) is 28.0. The van der Waals surface area contributed by atoms with Crippen LogP contribution in [0, 0.1) is 26.7 Å². The van der Waals surface area contributed by atoms with E-state index in [1.54, 1.807) is 11.8 Å². The Morgan fingerprint density at radius 1 is 0.907 bits per heavy atom. The van der Waals surface area contributed by atoms with E-state index in [4.69, 9.17) is 26.3 Å². The number of allylic oxidation sites excluding steroid dienone is 3. The molecular weight excluding hydrogens is 566 g/mol. The van der Waals surface area contributed by atoms with Crippen molar-refractivity contribution in [1.82, 2.24) is 4.90 Å². The summed E-state index contributed by atoms with van der Waals surface area (Å²) in [5.41, 5.74) is 5.90. The lowest BCUT2D eigenvalue weighted by molar-refractivity contribution is -0.140. The van der Waals surface area contributed by atoms with Crippen LogP contribution in [-0.2, 0) is 36.3 Å². The molecule has 0 aliphatic carbocycles. The van der Waals surface area contributed by atoms with Gasteiger partial charge in [-0.05, 0) is 49.4 Å². The minimum absolute atomic E-state index is 0.0164. The van der Waals surface area contributed by atoms with Crippen LogP contribution in [0.15, 0.2) is 72.3 Å². The quantitative estimate of drug-likeness (QED) is 0.140. The fraction of sp³-hybridized carbons (Fsp3) is 0.371. The Balaban J connectivity index is -0.000000220. The van der Waals surface area contributed by atoms with E-state index in [0.29, 0.717) is 31.8 Å². The SMILES string of the molecule is C#C.C/C=C(\C=C/CN(Cc1ccc(CCl)cc1)C(C)=O)CCC(=O)OC.C=O.C=O.CC.CO.Cc1ccccc1C. The Hall–Kier alpha value is -3.99. The van der Waals surface area contributed by atoms with Crippen molar-refractivity contribution in [3.8, 4) is 12.8 Å². The van der Waals surface area contributed by atoms with E-state index in [0.717, 1.165) is 23.8 Å². The molecule has 2 aromatic rings. The van der Waals surface area contributed by atoms with Gasteiger partial charge in [0.1, 0.15) is 13.6 Å². The molecule has 0 atom stereocenters. The van der Waals surface area contributed by atoms with Crippen molar-refractivity contribution in [3.63, 3.8) is 0 Å². The number of ether oxygens (including phenoxy) is 1. The molecule has 0 saturated carbocycles. The number of aliphatic hydroxyl groups is 1. The van der Waals surface area contributed by atoms with Gasteiger partial charge in [0.25, 0.3) is 0 Å². The van der Waals surface area contributed by atoms with Gasteiger partial charge in [0.05, 0.1) is 7.11 Å². The second-order valence-corrected chi connectivity index (χ2v) is 8.04. The Labute approximate surface area is 265 Å². The number of hydrogen-bond acceptors (Lipinski definition) is 6. The minimum atomic E-state index is -0.224. The summed E-state index contributed by atoms with van der Waals surface area (Å²) < 4.78 is 4.65. The maximum Gasteiger partial charge on any atom is 0.305 e. The summed E-state index contributed by atoms with van der Waals surface area (Å²) in [5, 5.41) is 7.00. The Kier molecular flexibility index (Phi) is 43.1. The minimum Gasteiger partial charge on any atom is -0.469 e. The van der Waals surface area contributed by atoms with Crippen molar-refractivity contribution < 1.29 is 29.0 Å². The largest absolute Gasteiger partial charge is 0.469 e. The summed E-state index contributed by atoms with van der Waals surface area (Å²) >= 11 is 5.79. The highest BCUT2D eigenvalue weighted by Crippen LogP contribution is 2.11. The van der Waals surface area contributed by atoms with E-state index in [9.17, 15) is 9.59 Å². The Morgan fingerprint density at radius 2 is 1.35 bits per heavy atom. The number of rotatable bonds is 9. The van der Waals surface area contributed by atoms with Crippen LogP contribution in [0.5, 0.6) is 0 Å². The Bertz CT molecular complexity index is 993. The monoisotopic (exact) mass is 617 g/mol. The molecule has 1 N–H and O–H groups in total. The lowest BCUT2D eigenvalue weighted by atomic mass is 10.1. The molecule has 8 heteroatoms. The van der Waals surface area contributed by atoms with Crippen molar-refractivity contribution in [2.75, 3.05) is 20.8 Å². The van der Waals surface area contributed by atoms with Gasteiger partial charge in [-0.25, -0.2) is 0 Å². The smallest absolute Gasteiger partial charge is 0.305 e. The summed E-state index contributed by atoms with van der Waals surface area (Å²) in [7, 11) is 2.39. The number of alkyl halides is 1. The van der Waals surface area contributed by atoms with Gasteiger partial charge in [-0.2, -0.15) is 0 Å². The summed E-state index contributed by atoms with van der Waals surface area (Å²) in [5.74, 6) is 0.276. The van der Waals surface area contributed by atoms with Crippen LogP contribution in [-0.4, -0.2) is 56.2 Å². The summed E-state index contributed by atoms with van der Waals surface area (Å²) in [6.07, 6.45) is 14.8. The number of carbonyl (C=O) groups is 4. The van der Waals surface area contributed by atoms with E-state index in [2.05, 4.69) is 55.7 Å². The number of benzene rings is 2. The molecule has 0 unspecified atom stereocenters. The van der Waals surface area contributed by atoms with Crippen LogP contribution < -0.4 is 0 Å². The number of aryl methyl sites for hydroxylation is 2. The van der Waals surface area contributed by atoms with Crippen LogP contribution in [0.2, 0.25) is 0 Å². The van der Waals surface area contributed by atoms with Crippen LogP contribution in [0.25, 0.3) is 0 Å². The standard InChI is InChI=1S/C20H26ClNO3.C8H10.C2H6.C2H2.CH4O.2CH2O/c1-4-17(11-12-20(24)25-3)6-5-13-22(16(2)23)15-19-9-7-18(14-21)8-10-19;1-7-5-3-4-6-8(7)2;5*1-2/h4-10H,11-15H2,1-3H3;3-6H,1-2H3;1-2H3;1-2H;2H,1H3;2*1H2/b6-5-,17-4+;;;;;;. The molecule has 0 saturated heterocycles. The number of aliphatic hydroxyl groups excluding tert-OH is 1. The van der Waals surface area contributed by atoms with Crippen molar-refractivity contribution >= 4 is 37.1 Å². The van der Waals surface area contributed by atoms with Crippen LogP contribution >= 0.6 is 11.6 Å². The molecule has 1 amide bonds. The molecule has 0 spiro atoms. The van der Waals surface area contributed by atoms with Crippen LogP contribution in [0.4, 0.5) is 0 Å². The molecule has 0 aliphatic heterocycles. The molecule has 0 radical (unpaired) electrons. The summed E-state index contributed by atoms with van der Waals surface area (Å²) in [4.78, 5) is 40.8. The van der Waals surface area contributed by atoms with Gasteiger partial charge < -0.3 is 24.3 Å². The lowest BCUT2D eigenvalue weighted by Crippen LogP contribution is -2.28. The van der Waals surface area contributed by atoms with Crippen LogP contribution in [0.1, 0.15) is 62.8 Å². The van der Waals surface area contributed by atoms with Crippen LogP contribution in [0.3, 0.4) is 0 Å². The second kappa shape index (κ2) is 38.0. The average Bonchev–Trinajstić information content (AvgIpc) is 3.08. The number of methoxy groups -OCH3 is 1. The fourth-order valence-corrected chi connectivity index (χ4v) is 3.10. The van der Waals surface area contributed by atoms with Gasteiger partial charge in [-0.3, -0.25) is 9.59 Å². The van der Waals surface area contributed by atoms with Gasteiger partial charge in [-0.15, -0.1) is 24.4 Å². The molecule has 2 rings (SSSR count). The normalized spacial score (nSPS) is 8.98. The molecule has 7 nitrogen and oxygen atoms in total. The first-order chi connectivity index (χ1) is 20.8. The second-order valence-electron chi connectivity index (χ2n) is 7.78. The fourth-order valence-electron chi connectivity index (χ4n) is 2.92. The molecule has 43 heavy (non-hydrogen) atoms. The van der Waals surface area contributed by atoms with E-state index in [-0.39, 0.29) is 11.9 Å². The first-order valence-electron chi connectivity index (χ1n) is 13.5. The third-order valence-corrected chi connectivity index (χ3v) is 5.60. The molecule has 0 heterocycles. The van der Waals surface area contributed by atoms with Gasteiger partial charge >= 0.3 is 5.97 Å². The van der Waals surface area contributed by atoms with E-state index >= 15 is 0 Å². The van der Waals surface area contributed by atoms with Crippen molar-refractivity contribution in [2.45, 2.75) is 66.8 Å². The number of nitrogens with zero attached hydrogens (tertiary/aromatic N) is 1.